The lowest BCUT2D eigenvalue weighted by Crippen LogP contribution is -2.63. The number of Topliss-reactive ketones (excluding diaryl/α,β-unsaturated/α-hetero) is 2. The third-order valence-electron chi connectivity index (χ3n) is 13.3. The van der Waals surface area contributed by atoms with Crippen molar-refractivity contribution in [1.82, 2.24) is 4.72 Å². The van der Waals surface area contributed by atoms with Gasteiger partial charge < -0.3 is 14.6 Å². The SMILES string of the molecule is C=C[C@]1(C)C[C@@H](OC(=O)CS[C@@H]2CC[C@H](C(=O)OCC)C[C@H]2NS(=O)(=O)c2ccc(C(C)=O)cc2)[C@]2(C)[C@H](C)CC[C@]3(CCC(=O)[C@H]32)[C@@H](C)[C@@H]1O. The van der Waals surface area contributed by atoms with Crippen molar-refractivity contribution in [3.63, 3.8) is 0 Å². The normalized spacial score (nSPS) is 38.1. The predicted octanol–water partition coefficient (Wildman–Crippen LogP) is 5.91. The molecule has 0 unspecified atom stereocenters. The average molecular weight is 746 g/mol. The minimum absolute atomic E-state index is 0.00708. The highest BCUT2D eigenvalue weighted by Crippen LogP contribution is 2.68. The molecule has 0 aromatic heterocycles. The number of thioether (sulfide) groups is 1. The van der Waals surface area contributed by atoms with Gasteiger partial charge in [-0.15, -0.1) is 18.3 Å². The highest BCUT2D eigenvalue weighted by molar-refractivity contribution is 8.00. The first-order valence-corrected chi connectivity index (χ1v) is 20.9. The van der Waals surface area contributed by atoms with Gasteiger partial charge in [0, 0.05) is 40.0 Å². The van der Waals surface area contributed by atoms with Crippen molar-refractivity contribution in [2.24, 2.45) is 39.9 Å². The highest BCUT2D eigenvalue weighted by atomic mass is 32.2. The molecule has 0 heterocycles. The fourth-order valence-electron chi connectivity index (χ4n) is 9.95. The molecule has 1 aromatic rings. The van der Waals surface area contributed by atoms with E-state index in [0.717, 1.165) is 12.8 Å². The lowest BCUT2D eigenvalue weighted by Gasteiger charge is -2.61. The van der Waals surface area contributed by atoms with E-state index in [9.17, 15) is 32.7 Å². The maximum absolute atomic E-state index is 13.9. The van der Waals surface area contributed by atoms with E-state index in [2.05, 4.69) is 32.1 Å². The van der Waals surface area contributed by atoms with Gasteiger partial charge in [-0.25, -0.2) is 13.1 Å². The summed E-state index contributed by atoms with van der Waals surface area (Å²) < 4.78 is 41.6. The number of ether oxygens (including phenoxy) is 2. The first kappa shape index (κ1) is 39.7. The topological polar surface area (TPSA) is 153 Å². The Kier molecular flexibility index (Phi) is 11.7. The van der Waals surface area contributed by atoms with Gasteiger partial charge in [0.15, 0.2) is 5.78 Å². The molecule has 4 fully saturated rings. The minimum atomic E-state index is -4.04. The fourth-order valence-corrected chi connectivity index (χ4v) is 12.5. The Morgan fingerprint density at radius 2 is 1.78 bits per heavy atom. The smallest absolute Gasteiger partial charge is 0.316 e. The molecule has 0 aliphatic heterocycles. The fraction of sp³-hybridized carbons (Fsp3) is 0.692. The maximum Gasteiger partial charge on any atom is 0.316 e. The molecule has 4 aliphatic carbocycles. The lowest BCUT2D eigenvalue weighted by atomic mass is 9.44. The van der Waals surface area contributed by atoms with E-state index in [0.29, 0.717) is 37.7 Å². The number of ketones is 2. The molecule has 4 saturated carbocycles. The first-order valence-electron chi connectivity index (χ1n) is 18.4. The van der Waals surface area contributed by atoms with Crippen LogP contribution in [0.2, 0.25) is 0 Å². The summed E-state index contributed by atoms with van der Waals surface area (Å²) in [6.45, 7) is 15.7. The monoisotopic (exact) mass is 745 g/mol. The molecule has 1 aromatic carbocycles. The maximum atomic E-state index is 13.9. The van der Waals surface area contributed by atoms with Crippen LogP contribution in [0.4, 0.5) is 0 Å². The zero-order chi connectivity index (χ0) is 37.5. The van der Waals surface area contributed by atoms with Gasteiger partial charge in [-0.05, 0) is 88.2 Å². The van der Waals surface area contributed by atoms with Crippen LogP contribution in [0.1, 0.15) is 103 Å². The summed E-state index contributed by atoms with van der Waals surface area (Å²) >= 11 is 1.29. The van der Waals surface area contributed by atoms with Crippen LogP contribution in [-0.4, -0.2) is 72.9 Å². The highest BCUT2D eigenvalue weighted by Gasteiger charge is 2.68. The molecule has 12 heteroatoms. The largest absolute Gasteiger partial charge is 0.466 e. The Labute approximate surface area is 307 Å². The standard InChI is InChI=1S/C39H55NO9S2/c1-8-37(6)21-32(38(7)23(3)16-18-39(24(4)35(37)44)19-17-30(42)34(38)39)49-33(43)22-50-31-15-12-27(36(45)48-9-2)20-29(31)40-51(46,47)28-13-10-26(11-14-28)25(5)41/h8,10-11,13-14,23-24,27,29,31-32,34-35,40,44H,1,9,12,15-22H2,2-7H3/t23-,24+,27+,29-,31-,32-,34+,35+,37-,38+,39+/m1/s1. The van der Waals surface area contributed by atoms with Crippen molar-refractivity contribution in [2.75, 3.05) is 12.4 Å². The van der Waals surface area contributed by atoms with Crippen molar-refractivity contribution < 1.29 is 42.2 Å². The molecule has 51 heavy (non-hydrogen) atoms. The Balaban J connectivity index is 1.37. The van der Waals surface area contributed by atoms with Crippen LogP contribution in [0.5, 0.6) is 0 Å². The third-order valence-corrected chi connectivity index (χ3v) is 16.2. The summed E-state index contributed by atoms with van der Waals surface area (Å²) in [5, 5.41) is 11.5. The second-order valence-electron chi connectivity index (χ2n) is 16.0. The van der Waals surface area contributed by atoms with Crippen LogP contribution in [0.3, 0.4) is 0 Å². The van der Waals surface area contributed by atoms with Gasteiger partial charge in [0.1, 0.15) is 11.9 Å². The molecule has 10 nitrogen and oxygen atoms in total. The number of hydrogen-bond acceptors (Lipinski definition) is 10. The molecular formula is C39H55NO9S2. The van der Waals surface area contributed by atoms with Gasteiger partial charge in [0.25, 0.3) is 0 Å². The van der Waals surface area contributed by atoms with Crippen molar-refractivity contribution in [3.8, 4) is 0 Å². The van der Waals surface area contributed by atoms with E-state index in [1.54, 1.807) is 13.0 Å². The van der Waals surface area contributed by atoms with E-state index in [1.165, 1.54) is 43.0 Å². The van der Waals surface area contributed by atoms with Gasteiger partial charge in [-0.3, -0.25) is 19.2 Å². The zero-order valence-corrected chi connectivity index (χ0v) is 32.4. The van der Waals surface area contributed by atoms with Crippen LogP contribution in [0.15, 0.2) is 41.8 Å². The van der Waals surface area contributed by atoms with E-state index in [4.69, 9.17) is 9.47 Å². The summed E-state index contributed by atoms with van der Waals surface area (Å²) in [5.41, 5.74) is -1.38. The molecule has 0 radical (unpaired) electrons. The van der Waals surface area contributed by atoms with Crippen molar-refractivity contribution in [3.05, 3.63) is 42.5 Å². The Bertz CT molecular complexity index is 1630. The number of aliphatic hydroxyl groups is 1. The lowest BCUT2D eigenvalue weighted by molar-refractivity contribution is -0.205. The zero-order valence-electron chi connectivity index (χ0n) is 30.8. The number of esters is 2. The molecule has 11 atom stereocenters. The van der Waals surface area contributed by atoms with E-state index >= 15 is 0 Å². The average Bonchev–Trinajstić information content (AvgIpc) is 3.45. The van der Waals surface area contributed by atoms with Crippen molar-refractivity contribution in [2.45, 2.75) is 121 Å². The second kappa shape index (κ2) is 15.1. The van der Waals surface area contributed by atoms with Gasteiger partial charge in [-0.2, -0.15) is 0 Å². The van der Waals surface area contributed by atoms with Crippen LogP contribution in [0.25, 0.3) is 0 Å². The van der Waals surface area contributed by atoms with Gasteiger partial charge in [0.05, 0.1) is 29.3 Å². The third kappa shape index (κ3) is 7.36. The van der Waals surface area contributed by atoms with E-state index in [-0.39, 0.29) is 69.6 Å². The van der Waals surface area contributed by atoms with Crippen molar-refractivity contribution >= 4 is 45.3 Å². The van der Waals surface area contributed by atoms with Gasteiger partial charge in [-0.1, -0.05) is 45.9 Å². The number of carbonyl (C=O) groups excluding carboxylic acids is 4. The molecule has 0 spiro atoms. The summed E-state index contributed by atoms with van der Waals surface area (Å²) in [4.78, 5) is 52.1. The molecule has 2 bridgehead atoms. The van der Waals surface area contributed by atoms with E-state index < -0.39 is 51.0 Å². The summed E-state index contributed by atoms with van der Waals surface area (Å²) in [5.74, 6) is -1.77. The number of benzene rings is 1. The van der Waals surface area contributed by atoms with Gasteiger partial charge >= 0.3 is 11.9 Å². The van der Waals surface area contributed by atoms with Crippen LogP contribution >= 0.6 is 11.8 Å². The Hall–Kier alpha value is -2.54. The predicted molar refractivity (Wildman–Crippen MR) is 195 cm³/mol. The number of rotatable bonds is 11. The first-order chi connectivity index (χ1) is 23.9. The molecule has 4 aliphatic rings. The van der Waals surface area contributed by atoms with Crippen molar-refractivity contribution in [1.29, 1.82) is 0 Å². The number of aliphatic hydroxyl groups excluding tert-OH is 1. The molecule has 2 N–H and O–H groups in total. The number of sulfonamides is 1. The second-order valence-corrected chi connectivity index (χ2v) is 18.9. The van der Waals surface area contributed by atoms with E-state index in [1.807, 2.05) is 6.92 Å². The summed E-state index contributed by atoms with van der Waals surface area (Å²) in [6.07, 6.45) is 4.72. The number of hydrogen-bond donors (Lipinski definition) is 2. The minimum Gasteiger partial charge on any atom is -0.466 e. The molecule has 0 saturated heterocycles. The molecule has 0 amide bonds. The summed E-state index contributed by atoms with van der Waals surface area (Å²) in [6, 6.07) is 5.00. The Morgan fingerprint density at radius 1 is 1.10 bits per heavy atom. The number of carbonyl (C=O) groups is 4. The van der Waals surface area contributed by atoms with Gasteiger partial charge in [0.2, 0.25) is 10.0 Å². The quantitative estimate of drug-likeness (QED) is 0.159. The van der Waals surface area contributed by atoms with Crippen LogP contribution < -0.4 is 4.72 Å². The molecular weight excluding hydrogens is 691 g/mol. The van der Waals surface area contributed by atoms with Crippen LogP contribution in [0, 0.1) is 39.9 Å². The molecule has 282 valence electrons. The summed E-state index contributed by atoms with van der Waals surface area (Å²) in [7, 11) is -4.04. The van der Waals surface area contributed by atoms with Crippen LogP contribution in [-0.2, 0) is 33.9 Å². The number of nitrogens with one attached hydrogen (secondary N) is 1. The Morgan fingerprint density at radius 3 is 2.41 bits per heavy atom. The molecule has 5 rings (SSSR count).